The Kier molecular flexibility index (Phi) is 3.74. The van der Waals surface area contributed by atoms with Gasteiger partial charge in [0.25, 0.3) is 0 Å². The van der Waals surface area contributed by atoms with E-state index in [4.69, 9.17) is 4.74 Å². The average molecular weight is 359 g/mol. The van der Waals surface area contributed by atoms with Crippen LogP contribution in [-0.4, -0.2) is 16.8 Å². The molecule has 2 aromatic rings. The molecule has 0 aromatic heterocycles. The molecular formula is C17H15BrN2O2. The summed E-state index contributed by atoms with van der Waals surface area (Å²) >= 11 is 3.49. The summed E-state index contributed by atoms with van der Waals surface area (Å²) in [4.78, 5) is 12.0. The van der Waals surface area contributed by atoms with E-state index in [1.807, 2.05) is 61.5 Å². The monoisotopic (exact) mass is 358 g/mol. The van der Waals surface area contributed by atoms with Crippen LogP contribution < -0.4 is 0 Å². The Morgan fingerprint density at radius 2 is 1.77 bits per heavy atom. The molecule has 0 unspecified atom stereocenters. The summed E-state index contributed by atoms with van der Waals surface area (Å²) in [6, 6.07) is 17.2. The summed E-state index contributed by atoms with van der Waals surface area (Å²) in [7, 11) is 0. The van der Waals surface area contributed by atoms with Crippen molar-refractivity contribution in [2.75, 3.05) is 0 Å². The van der Waals surface area contributed by atoms with Gasteiger partial charge in [-0.05, 0) is 28.1 Å². The second-order valence-electron chi connectivity index (χ2n) is 5.17. The third kappa shape index (κ3) is 2.41. The van der Waals surface area contributed by atoms with Crippen LogP contribution in [0.2, 0.25) is 0 Å². The van der Waals surface area contributed by atoms with Crippen molar-refractivity contribution in [3.63, 3.8) is 0 Å². The van der Waals surface area contributed by atoms with Gasteiger partial charge in [-0.15, -0.1) is 5.10 Å². The first-order valence-corrected chi connectivity index (χ1v) is 7.70. The van der Waals surface area contributed by atoms with Gasteiger partial charge in [-0.3, -0.25) is 4.79 Å². The summed E-state index contributed by atoms with van der Waals surface area (Å²) < 4.78 is 6.97. The lowest BCUT2D eigenvalue weighted by atomic mass is 10.0. The van der Waals surface area contributed by atoms with Gasteiger partial charge in [0.1, 0.15) is 0 Å². The van der Waals surface area contributed by atoms with Crippen LogP contribution in [0.5, 0.6) is 0 Å². The fraction of sp³-hybridized carbons (Fsp3) is 0.176. The molecule has 112 valence electrons. The van der Waals surface area contributed by atoms with E-state index in [1.165, 1.54) is 11.9 Å². The van der Waals surface area contributed by atoms with Crippen molar-refractivity contribution in [1.82, 2.24) is 5.01 Å². The Bertz CT molecular complexity index is 745. The Morgan fingerprint density at radius 3 is 2.41 bits per heavy atom. The van der Waals surface area contributed by atoms with Crippen LogP contribution in [0.25, 0.3) is 0 Å². The fourth-order valence-electron chi connectivity index (χ4n) is 2.48. The lowest BCUT2D eigenvalue weighted by molar-refractivity contribution is -0.146. The van der Waals surface area contributed by atoms with Gasteiger partial charge in [0.2, 0.25) is 17.5 Å². The molecule has 0 saturated carbocycles. The minimum Gasteiger partial charge on any atom is -0.443 e. The van der Waals surface area contributed by atoms with E-state index in [1.54, 1.807) is 0 Å². The Hall–Kier alpha value is -2.14. The number of benzene rings is 2. The van der Waals surface area contributed by atoms with Crippen LogP contribution >= 0.6 is 15.9 Å². The van der Waals surface area contributed by atoms with Gasteiger partial charge in [0.05, 0.1) is 5.56 Å². The summed E-state index contributed by atoms with van der Waals surface area (Å²) in [5, 5.41) is 5.78. The molecular weight excluding hydrogens is 344 g/mol. The zero-order chi connectivity index (χ0) is 15.7. The molecule has 0 spiro atoms. The highest BCUT2D eigenvalue weighted by Gasteiger charge is 2.45. The van der Waals surface area contributed by atoms with E-state index in [9.17, 15) is 4.79 Å². The molecule has 22 heavy (non-hydrogen) atoms. The van der Waals surface area contributed by atoms with Crippen LogP contribution in [0, 0.1) is 0 Å². The topological polar surface area (TPSA) is 41.9 Å². The van der Waals surface area contributed by atoms with Gasteiger partial charge in [-0.1, -0.05) is 42.5 Å². The van der Waals surface area contributed by atoms with Crippen LogP contribution in [0.3, 0.4) is 0 Å². The third-order valence-corrected chi connectivity index (χ3v) is 4.29. The Labute approximate surface area is 137 Å². The molecule has 5 heteroatoms. The van der Waals surface area contributed by atoms with Crippen molar-refractivity contribution in [1.29, 1.82) is 0 Å². The first-order valence-electron chi connectivity index (χ1n) is 6.91. The van der Waals surface area contributed by atoms with Crippen molar-refractivity contribution in [2.45, 2.75) is 19.6 Å². The van der Waals surface area contributed by atoms with Crippen LogP contribution in [0.4, 0.5) is 0 Å². The van der Waals surface area contributed by atoms with Gasteiger partial charge >= 0.3 is 0 Å². The maximum absolute atomic E-state index is 12.0. The number of halogens is 1. The number of hydrazone groups is 1. The summed E-state index contributed by atoms with van der Waals surface area (Å²) in [5.41, 5.74) is 0.738. The van der Waals surface area contributed by atoms with Crippen LogP contribution in [-0.2, 0) is 15.3 Å². The van der Waals surface area contributed by atoms with Crippen molar-refractivity contribution in [3.05, 3.63) is 70.2 Å². The first-order chi connectivity index (χ1) is 10.5. The number of rotatable bonds is 2. The van der Waals surface area contributed by atoms with Crippen molar-refractivity contribution in [2.24, 2.45) is 5.10 Å². The highest BCUT2D eigenvalue weighted by molar-refractivity contribution is 9.10. The number of carbonyl (C=O) groups is 1. The average Bonchev–Trinajstić information content (AvgIpc) is 2.88. The summed E-state index contributed by atoms with van der Waals surface area (Å²) in [6.45, 7) is 3.33. The van der Waals surface area contributed by atoms with E-state index in [0.29, 0.717) is 5.90 Å². The molecule has 0 fully saturated rings. The summed E-state index contributed by atoms with van der Waals surface area (Å²) in [6.07, 6.45) is 0. The van der Waals surface area contributed by atoms with Crippen molar-refractivity contribution >= 4 is 27.7 Å². The number of hydrogen-bond acceptors (Lipinski definition) is 3. The number of amides is 1. The highest BCUT2D eigenvalue weighted by atomic mass is 79.9. The zero-order valence-corrected chi connectivity index (χ0v) is 13.9. The Balaban J connectivity index is 2.06. The fourth-order valence-corrected chi connectivity index (χ4v) is 2.94. The normalized spacial score (nSPS) is 20.5. The van der Waals surface area contributed by atoms with Gasteiger partial charge in [0, 0.05) is 23.9 Å². The maximum atomic E-state index is 12.0. The second-order valence-corrected chi connectivity index (χ2v) is 6.02. The van der Waals surface area contributed by atoms with E-state index >= 15 is 0 Å². The summed E-state index contributed by atoms with van der Waals surface area (Å²) in [5.74, 6) is 0.252. The standard InChI is InChI=1S/C17H15BrN2O2/c1-12(21)20-17(2,13-8-4-3-5-9-13)22-16(19-20)14-10-6-7-11-15(14)18/h3-11H,1-2H3/t17-/m0/s1. The zero-order valence-electron chi connectivity index (χ0n) is 12.3. The van der Waals surface area contributed by atoms with Crippen LogP contribution in [0.1, 0.15) is 25.0 Å². The molecule has 1 heterocycles. The molecule has 4 nitrogen and oxygen atoms in total. The molecule has 0 N–H and O–H groups in total. The van der Waals surface area contributed by atoms with Crippen LogP contribution in [0.15, 0.2) is 64.2 Å². The first kappa shape index (κ1) is 14.8. The molecule has 2 aromatic carbocycles. The molecule has 3 rings (SSSR count). The molecule has 1 amide bonds. The molecule has 1 atom stereocenters. The number of carbonyl (C=O) groups excluding carboxylic acids is 1. The maximum Gasteiger partial charge on any atom is 0.243 e. The van der Waals surface area contributed by atoms with Gasteiger partial charge in [-0.25, -0.2) is 0 Å². The lowest BCUT2D eigenvalue weighted by Crippen LogP contribution is -2.41. The minimum absolute atomic E-state index is 0.173. The smallest absolute Gasteiger partial charge is 0.243 e. The lowest BCUT2D eigenvalue weighted by Gasteiger charge is -2.31. The number of hydrogen-bond donors (Lipinski definition) is 0. The number of nitrogens with zero attached hydrogens (tertiary/aromatic N) is 2. The van der Waals surface area contributed by atoms with Crippen molar-refractivity contribution < 1.29 is 9.53 Å². The van der Waals surface area contributed by atoms with E-state index < -0.39 is 5.72 Å². The molecule has 1 aliphatic rings. The minimum atomic E-state index is -0.947. The molecule has 1 aliphatic heterocycles. The molecule has 0 radical (unpaired) electrons. The molecule has 0 saturated heterocycles. The quantitative estimate of drug-likeness (QED) is 0.817. The van der Waals surface area contributed by atoms with Gasteiger partial charge in [0.15, 0.2) is 0 Å². The van der Waals surface area contributed by atoms with Gasteiger partial charge in [-0.2, -0.15) is 5.01 Å². The van der Waals surface area contributed by atoms with E-state index in [-0.39, 0.29) is 5.91 Å². The number of ether oxygens (including phenoxy) is 1. The highest BCUT2D eigenvalue weighted by Crippen LogP contribution is 2.37. The SMILES string of the molecule is CC(=O)N1N=C(c2ccccc2Br)O[C@@]1(C)c1ccccc1. The second kappa shape index (κ2) is 5.57. The molecule has 0 aliphatic carbocycles. The van der Waals surface area contributed by atoms with E-state index in [0.717, 1.165) is 15.6 Å². The molecule has 0 bridgehead atoms. The Morgan fingerprint density at radius 1 is 1.14 bits per heavy atom. The van der Waals surface area contributed by atoms with Crippen molar-refractivity contribution in [3.8, 4) is 0 Å². The van der Waals surface area contributed by atoms with Gasteiger partial charge < -0.3 is 4.74 Å². The predicted molar refractivity (Wildman–Crippen MR) is 88.1 cm³/mol. The van der Waals surface area contributed by atoms with E-state index in [2.05, 4.69) is 21.0 Å². The predicted octanol–water partition coefficient (Wildman–Crippen LogP) is 3.86. The third-order valence-electron chi connectivity index (χ3n) is 3.60. The largest absolute Gasteiger partial charge is 0.443 e.